The van der Waals surface area contributed by atoms with Crippen molar-refractivity contribution in [3.05, 3.63) is 39.7 Å². The van der Waals surface area contributed by atoms with Crippen LogP contribution in [0.3, 0.4) is 0 Å². The fourth-order valence-corrected chi connectivity index (χ4v) is 3.23. The molecule has 8 heteroatoms. The molecule has 0 aliphatic heterocycles. The molecule has 0 spiro atoms. The zero-order valence-corrected chi connectivity index (χ0v) is 17.8. The molecule has 1 heterocycles. The highest BCUT2D eigenvalue weighted by Gasteiger charge is 2.13. The van der Waals surface area contributed by atoms with Gasteiger partial charge in [0.15, 0.2) is 5.78 Å². The van der Waals surface area contributed by atoms with E-state index >= 15 is 0 Å². The van der Waals surface area contributed by atoms with E-state index in [2.05, 4.69) is 23.8 Å². The molecule has 0 aromatic carbocycles. The average molecular weight is 407 g/mol. The first-order chi connectivity index (χ1) is 13.3. The van der Waals surface area contributed by atoms with Crippen LogP contribution in [0.2, 0.25) is 0 Å². The zero-order chi connectivity index (χ0) is 21.1. The summed E-state index contributed by atoms with van der Waals surface area (Å²) < 4.78 is 0. The van der Waals surface area contributed by atoms with Crippen LogP contribution in [0.1, 0.15) is 51.4 Å². The molecular formula is C20H30N4O3S. The van der Waals surface area contributed by atoms with Gasteiger partial charge in [-0.15, -0.1) is 11.8 Å². The highest BCUT2D eigenvalue weighted by Crippen LogP contribution is 2.27. The van der Waals surface area contributed by atoms with Crippen molar-refractivity contribution in [2.24, 2.45) is 5.92 Å². The van der Waals surface area contributed by atoms with Crippen LogP contribution in [0, 0.1) is 12.8 Å². The van der Waals surface area contributed by atoms with Crippen molar-refractivity contribution >= 4 is 29.8 Å². The van der Waals surface area contributed by atoms with E-state index in [1.54, 1.807) is 31.5 Å². The number of nitrogens with two attached hydrogens (primary N) is 1. The molecule has 1 aromatic rings. The van der Waals surface area contributed by atoms with Crippen LogP contribution in [0.4, 0.5) is 5.82 Å². The predicted octanol–water partition coefficient (Wildman–Crippen LogP) is 3.19. The van der Waals surface area contributed by atoms with Crippen molar-refractivity contribution in [3.8, 4) is 0 Å². The van der Waals surface area contributed by atoms with Crippen LogP contribution in [-0.2, 0) is 16.1 Å². The molecular weight excluding hydrogens is 376 g/mol. The maximum absolute atomic E-state index is 11.9. The molecule has 154 valence electrons. The molecule has 0 atom stereocenters. The van der Waals surface area contributed by atoms with E-state index in [-0.39, 0.29) is 18.9 Å². The number of aromatic nitrogens is 2. The van der Waals surface area contributed by atoms with Crippen molar-refractivity contribution in [2.45, 2.75) is 53.5 Å². The third kappa shape index (κ3) is 8.22. The second kappa shape index (κ2) is 12.3. The van der Waals surface area contributed by atoms with Gasteiger partial charge in [0.05, 0.1) is 6.54 Å². The number of thioether (sulfide) groups is 1. The number of hydrogen-bond acceptors (Lipinski definition) is 7. The number of aryl methyl sites for hydroxylation is 1. The predicted molar refractivity (Wildman–Crippen MR) is 113 cm³/mol. The van der Waals surface area contributed by atoms with Gasteiger partial charge in [0.2, 0.25) is 6.41 Å². The lowest BCUT2D eigenvalue weighted by atomic mass is 10.1. The van der Waals surface area contributed by atoms with Crippen LogP contribution in [0.25, 0.3) is 0 Å². The van der Waals surface area contributed by atoms with Crippen LogP contribution in [-0.4, -0.2) is 38.8 Å². The van der Waals surface area contributed by atoms with Gasteiger partial charge < -0.3 is 15.7 Å². The Kier molecular flexibility index (Phi) is 10.5. The minimum atomic E-state index is -0.0582. The SMILES string of the molecule is C/C(=C(\CCO)S/C=C/C(=O)CCC(C)C)N(C=O)Cc1cnc(C)nc1N. The van der Waals surface area contributed by atoms with Gasteiger partial charge in [0.25, 0.3) is 0 Å². The Morgan fingerprint density at radius 1 is 1.39 bits per heavy atom. The number of nitrogen functional groups attached to an aromatic ring is 1. The summed E-state index contributed by atoms with van der Waals surface area (Å²) in [7, 11) is 0. The van der Waals surface area contributed by atoms with Crippen LogP contribution in [0.15, 0.2) is 28.3 Å². The van der Waals surface area contributed by atoms with Crippen LogP contribution >= 0.6 is 11.8 Å². The van der Waals surface area contributed by atoms with Gasteiger partial charge >= 0.3 is 0 Å². The minimum Gasteiger partial charge on any atom is -0.396 e. The van der Waals surface area contributed by atoms with Crippen molar-refractivity contribution in [3.63, 3.8) is 0 Å². The Labute approximate surface area is 171 Å². The highest BCUT2D eigenvalue weighted by molar-refractivity contribution is 8.05. The van der Waals surface area contributed by atoms with Gasteiger partial charge in [0, 0.05) is 41.8 Å². The van der Waals surface area contributed by atoms with Crippen LogP contribution in [0.5, 0.6) is 0 Å². The number of hydrogen-bond donors (Lipinski definition) is 2. The van der Waals surface area contributed by atoms with Gasteiger partial charge in [-0.3, -0.25) is 9.59 Å². The lowest BCUT2D eigenvalue weighted by Gasteiger charge is -2.21. The smallest absolute Gasteiger partial charge is 0.214 e. The van der Waals surface area contributed by atoms with Gasteiger partial charge in [-0.2, -0.15) is 0 Å². The van der Waals surface area contributed by atoms with Gasteiger partial charge in [0.1, 0.15) is 11.6 Å². The summed E-state index contributed by atoms with van der Waals surface area (Å²) in [6.07, 6.45) is 5.61. The van der Waals surface area contributed by atoms with Crippen molar-refractivity contribution in [2.75, 3.05) is 12.3 Å². The molecule has 1 aromatic heterocycles. The summed E-state index contributed by atoms with van der Waals surface area (Å²) in [5, 5.41) is 11.1. The molecule has 1 amide bonds. The number of anilines is 1. The topological polar surface area (TPSA) is 109 Å². The Morgan fingerprint density at radius 2 is 2.11 bits per heavy atom. The van der Waals surface area contributed by atoms with Gasteiger partial charge in [-0.1, -0.05) is 13.8 Å². The standard InChI is InChI=1S/C20H30N4O3S/c1-14(2)5-6-18(27)8-10-28-19(7-9-25)15(3)24(13-26)12-17-11-22-16(4)23-20(17)21/h8,10-11,13-14,25H,5-7,9,12H2,1-4H3,(H2,21,22,23)/b10-8+,19-15-. The van der Waals surface area contributed by atoms with Crippen molar-refractivity contribution < 1.29 is 14.7 Å². The van der Waals surface area contributed by atoms with Gasteiger partial charge in [-0.05, 0) is 37.7 Å². The lowest BCUT2D eigenvalue weighted by molar-refractivity contribution is -0.117. The van der Waals surface area contributed by atoms with Gasteiger partial charge in [-0.25, -0.2) is 9.97 Å². The molecule has 0 bridgehead atoms. The van der Waals surface area contributed by atoms with E-state index in [1.807, 2.05) is 0 Å². The summed E-state index contributed by atoms with van der Waals surface area (Å²) in [6, 6.07) is 0. The lowest BCUT2D eigenvalue weighted by Crippen LogP contribution is -2.21. The van der Waals surface area contributed by atoms with E-state index in [1.165, 1.54) is 16.7 Å². The first-order valence-corrected chi connectivity index (χ1v) is 10.1. The number of nitrogens with zero attached hydrogens (tertiary/aromatic N) is 3. The van der Waals surface area contributed by atoms with E-state index in [9.17, 15) is 14.7 Å². The summed E-state index contributed by atoms with van der Waals surface area (Å²) in [6.45, 7) is 7.87. The van der Waals surface area contributed by atoms with Crippen LogP contribution < -0.4 is 5.73 Å². The first kappa shape index (κ1) is 23.8. The number of aliphatic hydroxyl groups is 1. The molecule has 1 rings (SSSR count). The Hall–Kier alpha value is -2.19. The molecule has 0 fully saturated rings. The highest BCUT2D eigenvalue weighted by atomic mass is 32.2. The largest absolute Gasteiger partial charge is 0.396 e. The summed E-state index contributed by atoms with van der Waals surface area (Å²) in [5.74, 6) is 1.45. The van der Waals surface area contributed by atoms with E-state index in [0.717, 1.165) is 11.3 Å². The van der Waals surface area contributed by atoms with Crippen molar-refractivity contribution in [1.29, 1.82) is 0 Å². The number of ketones is 1. The third-order valence-corrected chi connectivity index (χ3v) is 5.15. The number of rotatable bonds is 12. The summed E-state index contributed by atoms with van der Waals surface area (Å²) in [5.41, 5.74) is 7.25. The monoisotopic (exact) mass is 406 g/mol. The van der Waals surface area contributed by atoms with Crippen molar-refractivity contribution in [1.82, 2.24) is 14.9 Å². The minimum absolute atomic E-state index is 0.0582. The molecule has 28 heavy (non-hydrogen) atoms. The van der Waals surface area contributed by atoms with E-state index < -0.39 is 0 Å². The number of aliphatic hydroxyl groups excluding tert-OH is 1. The molecule has 3 N–H and O–H groups in total. The number of carbonyl (C=O) groups is 2. The fraction of sp³-hybridized carbons (Fsp3) is 0.500. The van der Waals surface area contributed by atoms with E-state index in [0.29, 0.717) is 48.1 Å². The third-order valence-electron chi connectivity index (χ3n) is 4.09. The quantitative estimate of drug-likeness (QED) is 0.405. The maximum atomic E-state index is 11.9. The molecule has 0 unspecified atom stereocenters. The van der Waals surface area contributed by atoms with E-state index in [4.69, 9.17) is 5.73 Å². The molecule has 0 aliphatic carbocycles. The summed E-state index contributed by atoms with van der Waals surface area (Å²) >= 11 is 1.33. The number of amides is 1. The molecule has 0 saturated heterocycles. The average Bonchev–Trinajstić information content (AvgIpc) is 2.64. The normalized spacial score (nSPS) is 12.4. The molecule has 7 nitrogen and oxygen atoms in total. The molecule has 0 aliphatic rings. The molecule has 0 radical (unpaired) electrons. The Morgan fingerprint density at radius 3 is 2.68 bits per heavy atom. The fourth-order valence-electron chi connectivity index (χ4n) is 2.35. The number of carbonyl (C=O) groups excluding carboxylic acids is 2. The summed E-state index contributed by atoms with van der Waals surface area (Å²) in [4.78, 5) is 34.1. The second-order valence-corrected chi connectivity index (χ2v) is 7.86. The number of allylic oxidation sites excluding steroid dienone is 2. The Balaban J connectivity index is 2.90. The molecule has 0 saturated carbocycles. The first-order valence-electron chi connectivity index (χ1n) is 9.25. The maximum Gasteiger partial charge on any atom is 0.214 e. The second-order valence-electron chi connectivity index (χ2n) is 6.86. The zero-order valence-electron chi connectivity index (χ0n) is 17.0. The Bertz CT molecular complexity index is 732.